The minimum atomic E-state index is -4.53. The third kappa shape index (κ3) is 5.17. The van der Waals surface area contributed by atoms with Crippen LogP contribution >= 0.6 is 0 Å². The van der Waals surface area contributed by atoms with Crippen molar-refractivity contribution in [2.75, 3.05) is 7.05 Å². The Bertz CT molecular complexity index is 857. The van der Waals surface area contributed by atoms with E-state index in [-0.39, 0.29) is 12.1 Å². The molecule has 0 fully saturated rings. The molecule has 2 aromatic carbocycles. The molecule has 0 aliphatic rings. The number of alkyl halides is 3. The van der Waals surface area contributed by atoms with Crippen LogP contribution in [0.1, 0.15) is 22.3 Å². The second-order valence-electron chi connectivity index (χ2n) is 5.67. The second-order valence-corrected chi connectivity index (χ2v) is 7.59. The summed E-state index contributed by atoms with van der Waals surface area (Å²) in [5.74, 6) is 0. The highest BCUT2D eigenvalue weighted by Gasteiger charge is 2.33. The minimum absolute atomic E-state index is 0.0928. The molecule has 3 nitrogen and oxygen atoms in total. The lowest BCUT2D eigenvalue weighted by molar-refractivity contribution is -0.138. The Balaban J connectivity index is 2.20. The second kappa shape index (κ2) is 7.41. The Morgan fingerprint density at radius 2 is 1.64 bits per heavy atom. The molecule has 134 valence electrons. The van der Waals surface area contributed by atoms with Crippen molar-refractivity contribution in [1.29, 1.82) is 0 Å². The number of nitrogens with zero attached hydrogens (tertiary/aromatic N) is 1. The molecule has 2 rings (SSSR count). The summed E-state index contributed by atoms with van der Waals surface area (Å²) >= 11 is 0. The van der Waals surface area contributed by atoms with E-state index < -0.39 is 21.8 Å². The van der Waals surface area contributed by atoms with Gasteiger partial charge in [-0.2, -0.15) is 17.5 Å². The van der Waals surface area contributed by atoms with Crippen LogP contribution in [0.4, 0.5) is 13.2 Å². The van der Waals surface area contributed by atoms with E-state index in [0.29, 0.717) is 5.56 Å². The number of sulfonamides is 1. The first-order valence-corrected chi connectivity index (χ1v) is 8.96. The predicted molar refractivity (Wildman–Crippen MR) is 92.0 cm³/mol. The summed E-state index contributed by atoms with van der Waals surface area (Å²) in [7, 11) is -2.59. The summed E-state index contributed by atoms with van der Waals surface area (Å²) in [6.45, 7) is 1.55. The molecule has 0 amide bonds. The van der Waals surface area contributed by atoms with Crippen molar-refractivity contribution in [2.24, 2.45) is 0 Å². The minimum Gasteiger partial charge on any atom is -0.208 e. The van der Waals surface area contributed by atoms with Crippen molar-refractivity contribution in [3.8, 4) is 0 Å². The van der Waals surface area contributed by atoms with Crippen LogP contribution in [0.25, 0.3) is 6.08 Å². The van der Waals surface area contributed by atoms with Crippen LogP contribution in [0, 0.1) is 6.92 Å². The zero-order valence-electron chi connectivity index (χ0n) is 13.8. The molecule has 0 saturated carbocycles. The fraction of sp³-hybridized carbons (Fsp3) is 0.222. The average molecular weight is 369 g/mol. The summed E-state index contributed by atoms with van der Waals surface area (Å²) in [5.41, 5.74) is 0.809. The number of halogens is 3. The Morgan fingerprint density at radius 1 is 1.04 bits per heavy atom. The van der Waals surface area contributed by atoms with Gasteiger partial charge in [-0.1, -0.05) is 48.0 Å². The molecule has 0 unspecified atom stereocenters. The summed E-state index contributed by atoms with van der Waals surface area (Å²) < 4.78 is 64.5. The van der Waals surface area contributed by atoms with Gasteiger partial charge >= 0.3 is 6.18 Å². The molecule has 25 heavy (non-hydrogen) atoms. The Morgan fingerprint density at radius 3 is 2.24 bits per heavy atom. The van der Waals surface area contributed by atoms with Crippen molar-refractivity contribution >= 4 is 16.1 Å². The normalized spacial score (nSPS) is 12.9. The van der Waals surface area contributed by atoms with Gasteiger partial charge in [0.25, 0.3) is 0 Å². The van der Waals surface area contributed by atoms with Gasteiger partial charge in [-0.15, -0.1) is 0 Å². The molecule has 0 aliphatic heterocycles. The summed E-state index contributed by atoms with van der Waals surface area (Å²) in [5, 5.41) is 0.994. The molecule has 0 aliphatic carbocycles. The number of benzene rings is 2. The molecule has 0 atom stereocenters. The van der Waals surface area contributed by atoms with Gasteiger partial charge in [-0.25, -0.2) is 8.42 Å². The maximum Gasteiger partial charge on any atom is 0.416 e. The maximum atomic E-state index is 13.0. The van der Waals surface area contributed by atoms with E-state index >= 15 is 0 Å². The van der Waals surface area contributed by atoms with Gasteiger partial charge in [-0.05, 0) is 30.2 Å². The van der Waals surface area contributed by atoms with E-state index in [4.69, 9.17) is 0 Å². The molecule has 0 saturated heterocycles. The van der Waals surface area contributed by atoms with E-state index in [1.54, 1.807) is 12.1 Å². The van der Waals surface area contributed by atoms with Crippen molar-refractivity contribution in [3.63, 3.8) is 0 Å². The largest absolute Gasteiger partial charge is 0.416 e. The highest BCUT2D eigenvalue weighted by molar-refractivity contribution is 7.92. The molecule has 0 spiro atoms. The lowest BCUT2D eigenvalue weighted by Gasteiger charge is -2.18. The van der Waals surface area contributed by atoms with Crippen LogP contribution in [0.2, 0.25) is 0 Å². The summed E-state index contributed by atoms with van der Waals surface area (Å²) in [4.78, 5) is 0. The van der Waals surface area contributed by atoms with Gasteiger partial charge in [-0.3, -0.25) is 0 Å². The zero-order valence-corrected chi connectivity index (χ0v) is 14.6. The third-order valence-electron chi connectivity index (χ3n) is 3.66. The van der Waals surface area contributed by atoms with Crippen molar-refractivity contribution in [1.82, 2.24) is 4.31 Å². The van der Waals surface area contributed by atoms with Gasteiger partial charge < -0.3 is 0 Å². The molecule has 0 N–H and O–H groups in total. The summed E-state index contributed by atoms with van der Waals surface area (Å²) in [6, 6.07) is 12.2. The smallest absolute Gasteiger partial charge is 0.208 e. The Hall–Kier alpha value is -2.12. The number of aryl methyl sites for hydroxylation is 1. The topological polar surface area (TPSA) is 37.4 Å². The molecular formula is C18H18F3NO2S. The van der Waals surface area contributed by atoms with E-state index in [9.17, 15) is 21.6 Å². The predicted octanol–water partition coefficient (Wildman–Crippen LogP) is 4.45. The molecule has 0 aromatic heterocycles. The van der Waals surface area contributed by atoms with Gasteiger partial charge in [0.15, 0.2) is 0 Å². The lowest BCUT2D eigenvalue weighted by Crippen LogP contribution is -2.25. The lowest BCUT2D eigenvalue weighted by atomic mass is 10.1. The van der Waals surface area contributed by atoms with Crippen LogP contribution < -0.4 is 0 Å². The van der Waals surface area contributed by atoms with Crippen molar-refractivity contribution in [2.45, 2.75) is 19.6 Å². The molecule has 2 aromatic rings. The first-order chi connectivity index (χ1) is 11.6. The first kappa shape index (κ1) is 19.2. The molecule has 7 heteroatoms. The van der Waals surface area contributed by atoms with E-state index in [1.807, 2.05) is 19.1 Å². The monoisotopic (exact) mass is 369 g/mol. The first-order valence-electron chi connectivity index (χ1n) is 7.46. The summed E-state index contributed by atoms with van der Waals surface area (Å²) in [6.07, 6.45) is -3.11. The van der Waals surface area contributed by atoms with E-state index in [1.165, 1.54) is 31.3 Å². The van der Waals surface area contributed by atoms with Gasteiger partial charge in [0.2, 0.25) is 10.0 Å². The number of hydrogen-bond donors (Lipinski definition) is 0. The highest BCUT2D eigenvalue weighted by Crippen LogP contribution is 2.32. The fourth-order valence-corrected chi connectivity index (χ4v) is 3.07. The quantitative estimate of drug-likeness (QED) is 0.781. The maximum absolute atomic E-state index is 13.0. The fourth-order valence-electron chi connectivity index (χ4n) is 2.21. The zero-order chi connectivity index (χ0) is 18.7. The van der Waals surface area contributed by atoms with Crippen LogP contribution in [0.15, 0.2) is 53.9 Å². The van der Waals surface area contributed by atoms with Gasteiger partial charge in [0.1, 0.15) is 0 Å². The van der Waals surface area contributed by atoms with Gasteiger partial charge in [0, 0.05) is 19.0 Å². The molecular weight excluding hydrogens is 351 g/mol. The number of hydrogen-bond acceptors (Lipinski definition) is 2. The van der Waals surface area contributed by atoms with E-state index in [0.717, 1.165) is 21.3 Å². The SMILES string of the molecule is Cc1ccc(/C=C\S(=O)(=O)N(C)Cc2ccccc2C(F)(F)F)cc1. The molecule has 0 bridgehead atoms. The highest BCUT2D eigenvalue weighted by atomic mass is 32.2. The van der Waals surface area contributed by atoms with Gasteiger partial charge in [0.05, 0.1) is 5.56 Å². The Kier molecular flexibility index (Phi) is 5.69. The Labute approximate surface area is 145 Å². The average Bonchev–Trinajstić information content (AvgIpc) is 2.54. The van der Waals surface area contributed by atoms with E-state index in [2.05, 4.69) is 0 Å². The number of rotatable bonds is 5. The van der Waals surface area contributed by atoms with Crippen LogP contribution in [0.3, 0.4) is 0 Å². The van der Waals surface area contributed by atoms with Crippen molar-refractivity contribution < 1.29 is 21.6 Å². The van der Waals surface area contributed by atoms with Crippen molar-refractivity contribution in [3.05, 3.63) is 76.2 Å². The molecule has 0 radical (unpaired) electrons. The van der Waals surface area contributed by atoms with Crippen LogP contribution in [-0.4, -0.2) is 19.8 Å². The van der Waals surface area contributed by atoms with Crippen LogP contribution in [0.5, 0.6) is 0 Å². The van der Waals surface area contributed by atoms with Crippen LogP contribution in [-0.2, 0) is 22.7 Å². The third-order valence-corrected chi connectivity index (χ3v) is 5.14. The molecule has 0 heterocycles. The standard InChI is InChI=1S/C18H18F3NO2S/c1-14-7-9-15(10-8-14)11-12-25(23,24)22(2)13-16-5-3-4-6-17(16)18(19,20)21/h3-12H,13H2,1-2H3/b12-11-.